The Bertz CT molecular complexity index is 450. The highest BCUT2D eigenvalue weighted by Crippen LogP contribution is 2.32. The monoisotopic (exact) mass is 290 g/mol. The molecule has 1 fully saturated rings. The van der Waals surface area contributed by atoms with E-state index in [9.17, 15) is 0 Å². The Kier molecular flexibility index (Phi) is 5.07. The molecule has 0 radical (unpaired) electrons. The number of hydrogen-bond donors (Lipinski definition) is 1. The Morgan fingerprint density at radius 2 is 1.95 bits per heavy atom. The Morgan fingerprint density at radius 3 is 2.52 bits per heavy atom. The highest BCUT2D eigenvalue weighted by Gasteiger charge is 2.42. The van der Waals surface area contributed by atoms with E-state index < -0.39 is 0 Å². The zero-order valence-corrected chi connectivity index (χ0v) is 14.1. The lowest BCUT2D eigenvalue weighted by atomic mass is 9.83. The second kappa shape index (κ2) is 6.47. The van der Waals surface area contributed by atoms with Gasteiger partial charge in [-0.05, 0) is 32.8 Å². The number of piperazine rings is 1. The summed E-state index contributed by atoms with van der Waals surface area (Å²) in [5, 5.41) is 3.79. The zero-order valence-electron chi connectivity index (χ0n) is 14.1. The third-order valence-corrected chi connectivity index (χ3v) is 5.18. The summed E-state index contributed by atoms with van der Waals surface area (Å²) in [7, 11) is 1.80. The molecule has 0 spiro atoms. The van der Waals surface area contributed by atoms with Crippen LogP contribution in [0.3, 0.4) is 0 Å². The van der Waals surface area contributed by atoms with Gasteiger partial charge in [0, 0.05) is 32.3 Å². The van der Waals surface area contributed by atoms with Crippen LogP contribution in [0.1, 0.15) is 39.7 Å². The van der Waals surface area contributed by atoms with Gasteiger partial charge in [0.15, 0.2) is 0 Å². The zero-order chi connectivity index (χ0) is 15.5. The van der Waals surface area contributed by atoms with Gasteiger partial charge in [-0.2, -0.15) is 0 Å². The molecule has 2 rings (SSSR count). The standard InChI is InChI=1S/C18H30N2O/c1-6-17(3)13-19-18(4,16-10-8-7-9-11-16)14-20(17)12-15(2)21-5/h7-11,15,19H,6,12-14H2,1-5H3. The number of hydrogen-bond acceptors (Lipinski definition) is 3. The molecule has 21 heavy (non-hydrogen) atoms. The molecule has 3 heteroatoms. The SMILES string of the molecule is CCC1(C)CNC(C)(c2ccccc2)CN1CC(C)OC. The molecule has 118 valence electrons. The number of rotatable bonds is 5. The Morgan fingerprint density at radius 1 is 1.29 bits per heavy atom. The number of methoxy groups -OCH3 is 1. The van der Waals surface area contributed by atoms with Crippen LogP contribution in [0.15, 0.2) is 30.3 Å². The lowest BCUT2D eigenvalue weighted by Crippen LogP contribution is -2.67. The van der Waals surface area contributed by atoms with Gasteiger partial charge in [-0.1, -0.05) is 37.3 Å². The first-order valence-electron chi connectivity index (χ1n) is 8.02. The molecule has 1 heterocycles. The number of benzene rings is 1. The fourth-order valence-electron chi connectivity index (χ4n) is 3.14. The minimum absolute atomic E-state index is 0.00337. The first kappa shape index (κ1) is 16.5. The second-order valence-corrected chi connectivity index (χ2v) is 6.83. The van der Waals surface area contributed by atoms with Gasteiger partial charge in [-0.25, -0.2) is 0 Å². The molecular formula is C18H30N2O. The minimum Gasteiger partial charge on any atom is -0.380 e. The molecular weight excluding hydrogens is 260 g/mol. The molecule has 1 aromatic rings. The van der Waals surface area contributed by atoms with Crippen molar-refractivity contribution >= 4 is 0 Å². The van der Waals surface area contributed by atoms with Crippen LogP contribution in [-0.2, 0) is 10.3 Å². The number of nitrogens with zero attached hydrogens (tertiary/aromatic N) is 1. The van der Waals surface area contributed by atoms with Gasteiger partial charge in [0.25, 0.3) is 0 Å². The molecule has 1 aromatic carbocycles. The number of nitrogens with one attached hydrogen (secondary N) is 1. The van der Waals surface area contributed by atoms with Crippen molar-refractivity contribution in [3.63, 3.8) is 0 Å². The van der Waals surface area contributed by atoms with Gasteiger partial charge < -0.3 is 10.1 Å². The summed E-state index contributed by atoms with van der Waals surface area (Å²) in [6, 6.07) is 10.8. The lowest BCUT2D eigenvalue weighted by molar-refractivity contribution is -0.0214. The molecule has 1 saturated heterocycles. The predicted octanol–water partition coefficient (Wildman–Crippen LogP) is 3.01. The van der Waals surface area contributed by atoms with E-state index in [-0.39, 0.29) is 17.2 Å². The fraction of sp³-hybridized carbons (Fsp3) is 0.667. The van der Waals surface area contributed by atoms with Gasteiger partial charge in [-0.3, -0.25) is 4.90 Å². The molecule has 1 N–H and O–H groups in total. The van der Waals surface area contributed by atoms with Crippen LogP contribution in [0.2, 0.25) is 0 Å². The van der Waals surface area contributed by atoms with Crippen molar-refractivity contribution in [2.75, 3.05) is 26.7 Å². The van der Waals surface area contributed by atoms with Gasteiger partial charge >= 0.3 is 0 Å². The minimum atomic E-state index is 0.00337. The molecule has 3 nitrogen and oxygen atoms in total. The van der Waals surface area contributed by atoms with Crippen LogP contribution in [0.25, 0.3) is 0 Å². The summed E-state index contributed by atoms with van der Waals surface area (Å²) >= 11 is 0. The second-order valence-electron chi connectivity index (χ2n) is 6.83. The van der Waals surface area contributed by atoms with Crippen LogP contribution in [0, 0.1) is 0 Å². The quantitative estimate of drug-likeness (QED) is 0.902. The highest BCUT2D eigenvalue weighted by molar-refractivity contribution is 5.25. The van der Waals surface area contributed by atoms with Gasteiger partial charge in [0.2, 0.25) is 0 Å². The predicted molar refractivity (Wildman–Crippen MR) is 88.5 cm³/mol. The smallest absolute Gasteiger partial charge is 0.0670 e. The molecule has 3 unspecified atom stereocenters. The van der Waals surface area contributed by atoms with Crippen molar-refractivity contribution in [3.8, 4) is 0 Å². The molecule has 1 aliphatic heterocycles. The van der Waals surface area contributed by atoms with Crippen molar-refractivity contribution in [2.45, 2.75) is 51.3 Å². The summed E-state index contributed by atoms with van der Waals surface area (Å²) in [5.74, 6) is 0. The molecule has 0 saturated carbocycles. The van der Waals surface area contributed by atoms with E-state index in [0.717, 1.165) is 26.1 Å². The Hall–Kier alpha value is -0.900. The summed E-state index contributed by atoms with van der Waals surface area (Å²) in [6.07, 6.45) is 1.40. The Labute approximate surface area is 129 Å². The van der Waals surface area contributed by atoms with Crippen LogP contribution in [0.5, 0.6) is 0 Å². The van der Waals surface area contributed by atoms with E-state index in [0.29, 0.717) is 0 Å². The van der Waals surface area contributed by atoms with Crippen molar-refractivity contribution < 1.29 is 4.74 Å². The maximum absolute atomic E-state index is 5.50. The summed E-state index contributed by atoms with van der Waals surface area (Å²) < 4.78 is 5.50. The van der Waals surface area contributed by atoms with Crippen LogP contribution >= 0.6 is 0 Å². The lowest BCUT2D eigenvalue weighted by Gasteiger charge is -2.53. The highest BCUT2D eigenvalue weighted by atomic mass is 16.5. The molecule has 0 aliphatic carbocycles. The molecule has 3 atom stereocenters. The van der Waals surface area contributed by atoms with Gasteiger partial charge in [0.05, 0.1) is 11.6 Å². The van der Waals surface area contributed by atoms with Crippen molar-refractivity contribution in [2.24, 2.45) is 0 Å². The third kappa shape index (κ3) is 3.47. The van der Waals surface area contributed by atoms with Crippen molar-refractivity contribution in [1.82, 2.24) is 10.2 Å². The van der Waals surface area contributed by atoms with Crippen LogP contribution in [-0.4, -0.2) is 43.3 Å². The van der Waals surface area contributed by atoms with Gasteiger partial charge in [0.1, 0.15) is 0 Å². The normalized spacial score (nSPS) is 32.0. The first-order valence-corrected chi connectivity index (χ1v) is 8.02. The van der Waals surface area contributed by atoms with Crippen molar-refractivity contribution in [1.29, 1.82) is 0 Å². The Balaban J connectivity index is 2.22. The topological polar surface area (TPSA) is 24.5 Å². The largest absolute Gasteiger partial charge is 0.380 e. The molecule has 0 aromatic heterocycles. The third-order valence-electron chi connectivity index (χ3n) is 5.18. The summed E-state index contributed by atoms with van der Waals surface area (Å²) in [5.41, 5.74) is 1.56. The fourth-order valence-corrected chi connectivity index (χ4v) is 3.14. The summed E-state index contributed by atoms with van der Waals surface area (Å²) in [6.45, 7) is 12.1. The van der Waals surface area contributed by atoms with E-state index in [4.69, 9.17) is 4.74 Å². The number of ether oxygens (including phenoxy) is 1. The van der Waals surface area contributed by atoms with E-state index >= 15 is 0 Å². The summed E-state index contributed by atoms with van der Waals surface area (Å²) in [4.78, 5) is 2.60. The van der Waals surface area contributed by atoms with Crippen LogP contribution < -0.4 is 5.32 Å². The van der Waals surface area contributed by atoms with E-state index in [1.807, 2.05) is 0 Å². The van der Waals surface area contributed by atoms with Crippen molar-refractivity contribution in [3.05, 3.63) is 35.9 Å². The van der Waals surface area contributed by atoms with Crippen LogP contribution in [0.4, 0.5) is 0 Å². The molecule has 1 aliphatic rings. The molecule has 0 bridgehead atoms. The van der Waals surface area contributed by atoms with Gasteiger partial charge in [-0.15, -0.1) is 0 Å². The average molecular weight is 290 g/mol. The maximum Gasteiger partial charge on any atom is 0.0670 e. The molecule has 0 amide bonds. The van der Waals surface area contributed by atoms with E-state index in [1.54, 1.807) is 7.11 Å². The van der Waals surface area contributed by atoms with E-state index in [2.05, 4.69) is 68.2 Å². The average Bonchev–Trinajstić information content (AvgIpc) is 2.52. The van der Waals surface area contributed by atoms with E-state index in [1.165, 1.54) is 5.56 Å². The first-order chi connectivity index (χ1) is 9.93. The maximum atomic E-state index is 5.50.